The number of hydrogen-bond acceptors (Lipinski definition) is 5. The normalized spacial score (nSPS) is 23.1. The van der Waals surface area contributed by atoms with Crippen molar-refractivity contribution < 1.29 is 14.3 Å². The van der Waals surface area contributed by atoms with E-state index < -0.39 is 11.2 Å². The first-order valence-corrected chi connectivity index (χ1v) is 10.3. The van der Waals surface area contributed by atoms with E-state index in [1.54, 1.807) is 23.7 Å². The second-order valence-corrected chi connectivity index (χ2v) is 8.25. The molecule has 1 aliphatic carbocycles. The Bertz CT molecular complexity index is 837. The van der Waals surface area contributed by atoms with Crippen molar-refractivity contribution in [3.63, 3.8) is 0 Å². The lowest BCUT2D eigenvalue weighted by atomic mass is 9.85. The summed E-state index contributed by atoms with van der Waals surface area (Å²) < 4.78 is 11.6. The molecule has 0 bridgehead atoms. The van der Waals surface area contributed by atoms with Gasteiger partial charge in [-0.2, -0.15) is 11.3 Å². The zero-order valence-electron chi connectivity index (χ0n) is 14.9. The molecular weight excluding hydrogens is 348 g/mol. The summed E-state index contributed by atoms with van der Waals surface area (Å²) in [5.74, 6) is 1.19. The molecule has 1 aliphatic heterocycles. The van der Waals surface area contributed by atoms with Crippen molar-refractivity contribution in [1.29, 1.82) is 0 Å². The first-order chi connectivity index (χ1) is 12.6. The van der Waals surface area contributed by atoms with Crippen LogP contribution in [0.1, 0.15) is 61.8 Å². The van der Waals surface area contributed by atoms with Crippen LogP contribution in [0.15, 0.2) is 44.4 Å². The van der Waals surface area contributed by atoms with E-state index in [2.05, 4.69) is 18.4 Å². The van der Waals surface area contributed by atoms with Crippen molar-refractivity contribution in [2.75, 3.05) is 0 Å². The van der Waals surface area contributed by atoms with Crippen LogP contribution in [0.5, 0.6) is 5.75 Å². The first kappa shape index (κ1) is 17.4. The lowest BCUT2D eigenvalue weighted by Crippen LogP contribution is -2.32. The zero-order valence-corrected chi connectivity index (χ0v) is 15.8. The van der Waals surface area contributed by atoms with E-state index >= 15 is 0 Å². The second-order valence-electron chi connectivity index (χ2n) is 7.47. The van der Waals surface area contributed by atoms with Crippen LogP contribution in [0.25, 0.3) is 0 Å². The van der Waals surface area contributed by atoms with Crippen molar-refractivity contribution in [3.05, 3.63) is 62.5 Å². The summed E-state index contributed by atoms with van der Waals surface area (Å²) in [5, 5.41) is 14.9. The van der Waals surface area contributed by atoms with E-state index in [0.717, 1.165) is 32.1 Å². The molecule has 4 nitrogen and oxygen atoms in total. The highest BCUT2D eigenvalue weighted by molar-refractivity contribution is 7.07. The van der Waals surface area contributed by atoms with Gasteiger partial charge in [0.1, 0.15) is 22.7 Å². The summed E-state index contributed by atoms with van der Waals surface area (Å²) in [7, 11) is 0. The van der Waals surface area contributed by atoms with Crippen LogP contribution >= 0.6 is 11.3 Å². The number of aromatic hydroxyl groups is 1. The maximum absolute atomic E-state index is 12.8. The average molecular weight is 372 g/mol. The molecule has 0 saturated heterocycles. The molecule has 4 rings (SSSR count). The fourth-order valence-corrected chi connectivity index (χ4v) is 4.59. The molecule has 0 amide bonds. The summed E-state index contributed by atoms with van der Waals surface area (Å²) in [5.41, 5.74) is 0.276. The lowest BCUT2D eigenvalue weighted by Gasteiger charge is -2.29. The Labute approximate surface area is 157 Å². The Morgan fingerprint density at radius 3 is 2.85 bits per heavy atom. The maximum atomic E-state index is 12.8. The number of rotatable bonds is 7. The van der Waals surface area contributed by atoms with Crippen LogP contribution < -0.4 is 5.63 Å². The SMILES string of the molecule is CCC(Cc1ccsc1)c1cc(O)c(C2(CC3CC3)CC=CO2)c(=O)o1. The van der Waals surface area contributed by atoms with Crippen LogP contribution in [-0.4, -0.2) is 5.11 Å². The molecule has 0 radical (unpaired) electrons. The average Bonchev–Trinajstić information content (AvgIpc) is 3.08. The minimum atomic E-state index is -0.764. The Balaban J connectivity index is 1.66. The van der Waals surface area contributed by atoms with Gasteiger partial charge in [0.15, 0.2) is 0 Å². The molecule has 2 aliphatic rings. The fourth-order valence-electron chi connectivity index (χ4n) is 3.91. The Hall–Kier alpha value is -2.01. The van der Waals surface area contributed by atoms with Gasteiger partial charge in [-0.05, 0) is 53.6 Å². The van der Waals surface area contributed by atoms with Gasteiger partial charge in [0.25, 0.3) is 0 Å². The molecule has 3 heterocycles. The zero-order chi connectivity index (χ0) is 18.1. The highest BCUT2D eigenvalue weighted by Crippen LogP contribution is 2.48. The van der Waals surface area contributed by atoms with E-state index in [1.807, 2.05) is 11.5 Å². The van der Waals surface area contributed by atoms with E-state index in [0.29, 0.717) is 18.1 Å². The van der Waals surface area contributed by atoms with Crippen molar-refractivity contribution in [3.8, 4) is 5.75 Å². The smallest absolute Gasteiger partial charge is 0.347 e. The van der Waals surface area contributed by atoms with Gasteiger partial charge in [-0.15, -0.1) is 0 Å². The summed E-state index contributed by atoms with van der Waals surface area (Å²) in [6.07, 6.45) is 8.87. The van der Waals surface area contributed by atoms with Crippen molar-refractivity contribution in [2.24, 2.45) is 5.92 Å². The number of thiophene rings is 1. The standard InChI is InChI=1S/C21H24O4S/c1-2-16(10-15-6-9-26-13-15)18-11-17(22)19(20(23)25-18)21(7-3-8-24-21)12-14-4-5-14/h3,6,8-9,11,13-14,16,22H,2,4-5,7,10,12H2,1H3. The molecular formula is C21H24O4S. The summed E-state index contributed by atoms with van der Waals surface area (Å²) in [6.45, 7) is 2.07. The predicted molar refractivity (Wildman–Crippen MR) is 102 cm³/mol. The third kappa shape index (κ3) is 3.32. The maximum Gasteiger partial charge on any atom is 0.347 e. The van der Waals surface area contributed by atoms with Gasteiger partial charge < -0.3 is 14.3 Å². The second kappa shape index (κ2) is 6.95. The highest BCUT2D eigenvalue weighted by Gasteiger charge is 2.45. The van der Waals surface area contributed by atoms with E-state index in [4.69, 9.17) is 9.15 Å². The van der Waals surface area contributed by atoms with E-state index in [1.165, 1.54) is 5.56 Å². The third-order valence-corrected chi connectivity index (χ3v) is 6.25. The first-order valence-electron chi connectivity index (χ1n) is 9.32. The molecule has 2 aromatic rings. The summed E-state index contributed by atoms with van der Waals surface area (Å²) in [6, 6.07) is 3.72. The highest BCUT2D eigenvalue weighted by atomic mass is 32.1. The molecule has 138 valence electrons. The van der Waals surface area contributed by atoms with Gasteiger partial charge in [0.2, 0.25) is 0 Å². The molecule has 1 fully saturated rings. The van der Waals surface area contributed by atoms with Crippen LogP contribution in [0.3, 0.4) is 0 Å². The van der Waals surface area contributed by atoms with Gasteiger partial charge in [-0.25, -0.2) is 4.79 Å². The Morgan fingerprint density at radius 1 is 1.42 bits per heavy atom. The fraction of sp³-hybridized carbons (Fsp3) is 0.476. The molecule has 1 saturated carbocycles. The molecule has 0 aromatic carbocycles. The molecule has 2 unspecified atom stereocenters. The quantitative estimate of drug-likeness (QED) is 0.737. The molecule has 0 spiro atoms. The molecule has 2 aromatic heterocycles. The molecule has 2 atom stereocenters. The van der Waals surface area contributed by atoms with Crippen molar-refractivity contribution in [1.82, 2.24) is 0 Å². The largest absolute Gasteiger partial charge is 0.507 e. The summed E-state index contributed by atoms with van der Waals surface area (Å²) >= 11 is 1.66. The van der Waals surface area contributed by atoms with Gasteiger partial charge in [-0.1, -0.05) is 19.8 Å². The third-order valence-electron chi connectivity index (χ3n) is 5.52. The van der Waals surface area contributed by atoms with Crippen molar-refractivity contribution in [2.45, 2.75) is 57.0 Å². The van der Waals surface area contributed by atoms with Crippen LogP contribution in [0.4, 0.5) is 0 Å². The number of hydrogen-bond donors (Lipinski definition) is 1. The lowest BCUT2D eigenvalue weighted by molar-refractivity contribution is 0.0210. The molecule has 26 heavy (non-hydrogen) atoms. The minimum Gasteiger partial charge on any atom is -0.507 e. The molecule has 1 N–H and O–H groups in total. The Kier molecular flexibility index (Phi) is 4.65. The minimum absolute atomic E-state index is 0.00405. The van der Waals surface area contributed by atoms with Crippen LogP contribution in [0.2, 0.25) is 0 Å². The van der Waals surface area contributed by atoms with Gasteiger partial charge in [0, 0.05) is 18.4 Å². The van der Waals surface area contributed by atoms with Crippen LogP contribution in [0, 0.1) is 5.92 Å². The van der Waals surface area contributed by atoms with Gasteiger partial charge in [0.05, 0.1) is 6.26 Å². The van der Waals surface area contributed by atoms with E-state index in [9.17, 15) is 9.90 Å². The van der Waals surface area contributed by atoms with Crippen LogP contribution in [-0.2, 0) is 16.8 Å². The van der Waals surface area contributed by atoms with E-state index in [-0.39, 0.29) is 17.2 Å². The topological polar surface area (TPSA) is 59.7 Å². The Morgan fingerprint density at radius 2 is 2.27 bits per heavy atom. The molecule has 5 heteroatoms. The predicted octanol–water partition coefficient (Wildman–Crippen LogP) is 5.07. The summed E-state index contributed by atoms with van der Waals surface area (Å²) in [4.78, 5) is 12.8. The van der Waals surface area contributed by atoms with Crippen molar-refractivity contribution >= 4 is 11.3 Å². The van der Waals surface area contributed by atoms with Gasteiger partial charge in [-0.3, -0.25) is 0 Å². The van der Waals surface area contributed by atoms with Gasteiger partial charge >= 0.3 is 5.63 Å². The monoisotopic (exact) mass is 372 g/mol. The number of ether oxygens (including phenoxy) is 1.